The van der Waals surface area contributed by atoms with Crippen molar-refractivity contribution in [1.82, 2.24) is 35.5 Å². The fourth-order valence-corrected chi connectivity index (χ4v) is 5.90. The Morgan fingerprint density at radius 3 is 2.74 bits per heavy atom. The fraction of sp³-hybridized carbons (Fsp3) is 0.207. The molecule has 39 heavy (non-hydrogen) atoms. The lowest BCUT2D eigenvalue weighted by molar-refractivity contribution is 0.102. The van der Waals surface area contributed by atoms with Crippen molar-refractivity contribution in [2.24, 2.45) is 0 Å². The van der Waals surface area contributed by atoms with Gasteiger partial charge in [-0.25, -0.2) is 9.97 Å². The number of aromatic nitrogens is 6. The SMILES string of the molecule is CC(=O)c1ccc(-c2cccc3[nH]c(-c4n[nH]c5ccc(-c6cncc(OC7CCNCC7)c6)nc45)nc23)s1. The summed E-state index contributed by atoms with van der Waals surface area (Å²) in [6.45, 7) is 3.52. The Kier molecular flexibility index (Phi) is 5.90. The Balaban J connectivity index is 1.25. The number of rotatable bonds is 6. The second-order valence-corrected chi connectivity index (χ2v) is 10.7. The van der Waals surface area contributed by atoms with Crippen molar-refractivity contribution in [3.8, 4) is 39.0 Å². The second kappa shape index (κ2) is 9.72. The van der Waals surface area contributed by atoms with E-state index in [9.17, 15) is 4.79 Å². The first-order valence-electron chi connectivity index (χ1n) is 12.9. The number of ketones is 1. The highest BCUT2D eigenvalue weighted by Gasteiger charge is 2.19. The molecule has 0 amide bonds. The van der Waals surface area contributed by atoms with Gasteiger partial charge in [-0.3, -0.25) is 14.9 Å². The van der Waals surface area contributed by atoms with Gasteiger partial charge in [-0.1, -0.05) is 12.1 Å². The fourth-order valence-electron chi connectivity index (χ4n) is 4.97. The molecule has 0 aliphatic carbocycles. The number of carbonyl (C=O) groups is 1. The van der Waals surface area contributed by atoms with Gasteiger partial charge in [0.1, 0.15) is 17.4 Å². The van der Waals surface area contributed by atoms with E-state index in [4.69, 9.17) is 14.7 Å². The number of H-pyrrole nitrogens is 2. The summed E-state index contributed by atoms with van der Waals surface area (Å²) in [6.07, 6.45) is 5.71. The van der Waals surface area contributed by atoms with Crippen LogP contribution in [0.25, 0.3) is 55.3 Å². The van der Waals surface area contributed by atoms with Gasteiger partial charge in [-0.2, -0.15) is 5.10 Å². The molecule has 3 N–H and O–H groups in total. The molecule has 1 saturated heterocycles. The molecule has 0 radical (unpaired) electrons. The van der Waals surface area contributed by atoms with Gasteiger partial charge < -0.3 is 15.0 Å². The molecule has 9 nitrogen and oxygen atoms in total. The first kappa shape index (κ1) is 23.7. The van der Waals surface area contributed by atoms with E-state index in [1.807, 2.05) is 48.5 Å². The second-order valence-electron chi connectivity index (χ2n) is 9.65. The van der Waals surface area contributed by atoms with Crippen LogP contribution in [0.1, 0.15) is 29.4 Å². The van der Waals surface area contributed by atoms with Gasteiger partial charge in [-0.05, 0) is 69.3 Å². The van der Waals surface area contributed by atoms with Crippen LogP contribution in [-0.2, 0) is 0 Å². The number of benzene rings is 1. The van der Waals surface area contributed by atoms with Gasteiger partial charge >= 0.3 is 0 Å². The van der Waals surface area contributed by atoms with Crippen LogP contribution < -0.4 is 10.1 Å². The average Bonchev–Trinajstić information content (AvgIpc) is 3.71. The maximum atomic E-state index is 11.8. The minimum atomic E-state index is 0.0598. The third kappa shape index (κ3) is 4.47. The molecule has 0 spiro atoms. The zero-order chi connectivity index (χ0) is 26.3. The van der Waals surface area contributed by atoms with Crippen molar-refractivity contribution in [3.05, 3.63) is 65.8 Å². The number of pyridine rings is 2. The Morgan fingerprint density at radius 1 is 1.00 bits per heavy atom. The minimum absolute atomic E-state index is 0.0598. The molecule has 194 valence electrons. The zero-order valence-electron chi connectivity index (χ0n) is 21.2. The van der Waals surface area contributed by atoms with Crippen LogP contribution in [0.5, 0.6) is 5.75 Å². The lowest BCUT2D eigenvalue weighted by Crippen LogP contribution is -2.34. The Labute approximate surface area is 227 Å². The number of piperidine rings is 1. The summed E-state index contributed by atoms with van der Waals surface area (Å²) >= 11 is 1.47. The highest BCUT2D eigenvalue weighted by molar-refractivity contribution is 7.17. The molecule has 6 heterocycles. The number of hydrogen-bond donors (Lipinski definition) is 3. The summed E-state index contributed by atoms with van der Waals surface area (Å²) < 4.78 is 6.20. The number of ether oxygens (including phenoxy) is 1. The molecule has 1 aliphatic rings. The molecule has 10 heteroatoms. The van der Waals surface area contributed by atoms with Crippen LogP contribution in [0.15, 0.2) is 60.9 Å². The molecule has 1 fully saturated rings. The maximum Gasteiger partial charge on any atom is 0.169 e. The number of imidazole rings is 1. The number of aromatic amines is 2. The minimum Gasteiger partial charge on any atom is -0.489 e. The number of fused-ring (bicyclic) bond motifs is 2. The Bertz CT molecular complexity index is 1830. The third-order valence-electron chi connectivity index (χ3n) is 6.96. The van der Waals surface area contributed by atoms with Gasteiger partial charge in [0.05, 0.1) is 33.3 Å². The number of nitrogens with one attached hydrogen (secondary N) is 3. The first-order chi connectivity index (χ1) is 19.1. The molecular weight excluding hydrogens is 510 g/mol. The molecule has 0 atom stereocenters. The van der Waals surface area contributed by atoms with Crippen LogP contribution in [0, 0.1) is 0 Å². The number of Topliss-reactive ketones (excluding diaryl/α,β-unsaturated/α-hetero) is 1. The van der Waals surface area contributed by atoms with Crippen LogP contribution in [-0.4, -0.2) is 55.1 Å². The molecule has 1 aromatic carbocycles. The van der Waals surface area contributed by atoms with E-state index in [-0.39, 0.29) is 11.9 Å². The summed E-state index contributed by atoms with van der Waals surface area (Å²) in [4.78, 5) is 31.3. The van der Waals surface area contributed by atoms with Crippen molar-refractivity contribution >= 4 is 39.2 Å². The average molecular weight is 536 g/mol. The molecule has 1 aliphatic heterocycles. The van der Waals surface area contributed by atoms with Crippen molar-refractivity contribution in [2.45, 2.75) is 25.9 Å². The van der Waals surface area contributed by atoms with Crippen molar-refractivity contribution < 1.29 is 9.53 Å². The highest BCUT2D eigenvalue weighted by Crippen LogP contribution is 2.35. The van der Waals surface area contributed by atoms with Gasteiger partial charge in [0.15, 0.2) is 17.3 Å². The van der Waals surface area contributed by atoms with Gasteiger partial charge in [-0.15, -0.1) is 11.3 Å². The lowest BCUT2D eigenvalue weighted by atomic mass is 10.1. The lowest BCUT2D eigenvalue weighted by Gasteiger charge is -2.23. The van der Waals surface area contributed by atoms with Gasteiger partial charge in [0, 0.05) is 22.2 Å². The van der Waals surface area contributed by atoms with Crippen LogP contribution in [0.2, 0.25) is 0 Å². The van der Waals surface area contributed by atoms with E-state index in [0.29, 0.717) is 17.0 Å². The summed E-state index contributed by atoms with van der Waals surface area (Å²) in [7, 11) is 0. The zero-order valence-corrected chi connectivity index (χ0v) is 22.0. The van der Waals surface area contributed by atoms with E-state index in [1.165, 1.54) is 11.3 Å². The summed E-state index contributed by atoms with van der Waals surface area (Å²) in [5.41, 5.74) is 6.50. The Morgan fingerprint density at radius 2 is 1.90 bits per heavy atom. The highest BCUT2D eigenvalue weighted by atomic mass is 32.1. The molecular formula is C29H25N7O2S. The summed E-state index contributed by atoms with van der Waals surface area (Å²) in [5.74, 6) is 1.43. The molecule has 0 unspecified atom stereocenters. The number of carbonyl (C=O) groups excluding carboxylic acids is 1. The predicted octanol–water partition coefficient (Wildman–Crippen LogP) is 5.63. The summed E-state index contributed by atoms with van der Waals surface area (Å²) in [5, 5.41) is 11.0. The number of thiophene rings is 1. The largest absolute Gasteiger partial charge is 0.489 e. The molecule has 0 saturated carbocycles. The van der Waals surface area contributed by atoms with Crippen LogP contribution in [0.3, 0.4) is 0 Å². The number of nitrogens with zero attached hydrogens (tertiary/aromatic N) is 4. The quantitative estimate of drug-likeness (QED) is 0.237. The predicted molar refractivity (Wildman–Crippen MR) is 152 cm³/mol. The van der Waals surface area contributed by atoms with E-state index in [0.717, 1.165) is 74.8 Å². The van der Waals surface area contributed by atoms with Gasteiger partial charge in [0.25, 0.3) is 0 Å². The summed E-state index contributed by atoms with van der Waals surface area (Å²) in [6, 6.07) is 15.7. The standard InChI is InChI=1S/C29H25N7O2S/c1-16(37)24-7-8-25(39-24)20-3-2-4-22-26(20)34-29(33-22)28-27-23(35-36-28)6-5-21(32-27)17-13-19(15-31-14-17)38-18-9-11-30-12-10-18/h2-8,13-15,18,30H,9-12H2,1H3,(H,33,34)(H,35,36). The van der Waals surface area contributed by atoms with Crippen LogP contribution >= 0.6 is 11.3 Å². The monoisotopic (exact) mass is 535 g/mol. The van der Waals surface area contributed by atoms with Crippen molar-refractivity contribution in [1.29, 1.82) is 0 Å². The van der Waals surface area contributed by atoms with E-state index in [1.54, 1.807) is 19.3 Å². The van der Waals surface area contributed by atoms with E-state index < -0.39 is 0 Å². The molecule has 6 aromatic rings. The third-order valence-corrected chi connectivity index (χ3v) is 8.18. The van der Waals surface area contributed by atoms with Crippen LogP contribution in [0.4, 0.5) is 0 Å². The maximum absolute atomic E-state index is 11.8. The molecule has 5 aromatic heterocycles. The first-order valence-corrected chi connectivity index (χ1v) is 13.7. The topological polar surface area (TPSA) is 121 Å². The van der Waals surface area contributed by atoms with Gasteiger partial charge in [0.2, 0.25) is 0 Å². The van der Waals surface area contributed by atoms with E-state index in [2.05, 4.69) is 25.5 Å². The molecule has 7 rings (SSSR count). The normalized spacial score (nSPS) is 14.3. The molecule has 0 bridgehead atoms. The number of para-hydroxylation sites is 1. The smallest absolute Gasteiger partial charge is 0.169 e. The number of hydrogen-bond acceptors (Lipinski definition) is 8. The van der Waals surface area contributed by atoms with Crippen molar-refractivity contribution in [2.75, 3.05) is 13.1 Å². The van der Waals surface area contributed by atoms with E-state index >= 15 is 0 Å². The Hall–Kier alpha value is -4.41. The van der Waals surface area contributed by atoms with Crippen molar-refractivity contribution in [3.63, 3.8) is 0 Å².